The molecule has 4 rings (SSSR count). The molecular formula is C23H22N2O3S. The molecule has 0 spiro atoms. The zero-order chi connectivity index (χ0) is 20.4. The largest absolute Gasteiger partial charge is 0.495 e. The third-order valence-electron chi connectivity index (χ3n) is 5.01. The summed E-state index contributed by atoms with van der Waals surface area (Å²) in [7, 11) is 1.57. The molecule has 1 aromatic heterocycles. The number of nitrogens with one attached hydrogen (secondary N) is 2. The Morgan fingerprint density at radius 1 is 1.00 bits per heavy atom. The van der Waals surface area contributed by atoms with Gasteiger partial charge in [-0.15, -0.1) is 11.3 Å². The van der Waals surface area contributed by atoms with Crippen LogP contribution in [0.1, 0.15) is 43.1 Å². The van der Waals surface area contributed by atoms with E-state index in [1.165, 1.54) is 16.2 Å². The first-order valence-corrected chi connectivity index (χ1v) is 10.4. The van der Waals surface area contributed by atoms with E-state index in [0.29, 0.717) is 27.6 Å². The first-order chi connectivity index (χ1) is 14.1. The summed E-state index contributed by atoms with van der Waals surface area (Å²) < 4.78 is 5.34. The minimum atomic E-state index is -0.228. The predicted molar refractivity (Wildman–Crippen MR) is 116 cm³/mol. The minimum absolute atomic E-state index is 0.208. The van der Waals surface area contributed by atoms with Gasteiger partial charge in [0.1, 0.15) is 10.8 Å². The molecule has 0 saturated carbocycles. The zero-order valence-electron chi connectivity index (χ0n) is 16.4. The second kappa shape index (κ2) is 8.09. The zero-order valence-corrected chi connectivity index (χ0v) is 17.2. The summed E-state index contributed by atoms with van der Waals surface area (Å²) in [5.74, 6) is 0.159. The van der Waals surface area contributed by atoms with E-state index < -0.39 is 0 Å². The highest BCUT2D eigenvalue weighted by molar-refractivity contribution is 7.17. The Morgan fingerprint density at radius 2 is 1.83 bits per heavy atom. The fourth-order valence-corrected chi connectivity index (χ4v) is 4.91. The van der Waals surface area contributed by atoms with Crippen molar-refractivity contribution >= 4 is 33.8 Å². The molecular weight excluding hydrogens is 384 g/mol. The summed E-state index contributed by atoms with van der Waals surface area (Å²) in [6.07, 6.45) is 2.82. The average molecular weight is 407 g/mol. The Hall–Kier alpha value is -3.12. The van der Waals surface area contributed by atoms with Crippen LogP contribution in [0.25, 0.3) is 0 Å². The number of rotatable bonds is 5. The van der Waals surface area contributed by atoms with E-state index in [1.54, 1.807) is 25.3 Å². The fraction of sp³-hybridized carbons (Fsp3) is 0.217. The van der Waals surface area contributed by atoms with Crippen LogP contribution >= 0.6 is 11.3 Å². The molecule has 29 heavy (non-hydrogen) atoms. The maximum atomic E-state index is 13.2. The first-order valence-electron chi connectivity index (χ1n) is 9.53. The van der Waals surface area contributed by atoms with Gasteiger partial charge in [-0.25, -0.2) is 0 Å². The number of amides is 2. The van der Waals surface area contributed by atoms with Gasteiger partial charge in [-0.2, -0.15) is 0 Å². The summed E-state index contributed by atoms with van der Waals surface area (Å²) in [5, 5.41) is 6.52. The van der Waals surface area contributed by atoms with Crippen LogP contribution in [0.2, 0.25) is 0 Å². The molecule has 0 fully saturated rings. The molecule has 0 saturated heterocycles. The lowest BCUT2D eigenvalue weighted by Gasteiger charge is -2.12. The van der Waals surface area contributed by atoms with Crippen LogP contribution in [-0.4, -0.2) is 18.9 Å². The molecule has 1 aliphatic rings. The molecule has 0 atom stereocenters. The Labute approximate surface area is 173 Å². The molecule has 6 heteroatoms. The third-order valence-corrected chi connectivity index (χ3v) is 6.22. The molecule has 2 N–H and O–H groups in total. The summed E-state index contributed by atoms with van der Waals surface area (Å²) in [4.78, 5) is 27.1. The summed E-state index contributed by atoms with van der Waals surface area (Å²) in [6.45, 7) is 1.95. The molecule has 0 bridgehead atoms. The Balaban J connectivity index is 1.64. The normalized spacial score (nSPS) is 12.3. The smallest absolute Gasteiger partial charge is 0.259 e. The number of fused-ring (bicyclic) bond motifs is 1. The van der Waals surface area contributed by atoms with Gasteiger partial charge >= 0.3 is 0 Å². The quantitative estimate of drug-likeness (QED) is 0.622. The average Bonchev–Trinajstić information content (AvgIpc) is 3.29. The fourth-order valence-electron chi connectivity index (χ4n) is 3.63. The maximum absolute atomic E-state index is 13.2. The van der Waals surface area contributed by atoms with Gasteiger partial charge in [-0.1, -0.05) is 29.8 Å². The van der Waals surface area contributed by atoms with Crippen molar-refractivity contribution in [2.45, 2.75) is 26.2 Å². The molecule has 3 aromatic rings. The van der Waals surface area contributed by atoms with E-state index in [-0.39, 0.29) is 11.8 Å². The van der Waals surface area contributed by atoms with Gasteiger partial charge in [0.15, 0.2) is 0 Å². The van der Waals surface area contributed by atoms with Crippen LogP contribution in [0, 0.1) is 6.92 Å². The second-order valence-corrected chi connectivity index (χ2v) is 8.14. The van der Waals surface area contributed by atoms with Gasteiger partial charge in [0.05, 0.1) is 18.4 Å². The highest BCUT2D eigenvalue weighted by atomic mass is 32.1. The topological polar surface area (TPSA) is 67.4 Å². The van der Waals surface area contributed by atoms with Gasteiger partial charge < -0.3 is 15.4 Å². The minimum Gasteiger partial charge on any atom is -0.495 e. The van der Waals surface area contributed by atoms with Crippen molar-refractivity contribution in [1.82, 2.24) is 0 Å². The number of hydrogen-bond donors (Lipinski definition) is 2. The Bertz CT molecular complexity index is 1090. The lowest BCUT2D eigenvalue weighted by Crippen LogP contribution is -2.18. The van der Waals surface area contributed by atoms with E-state index in [1.807, 2.05) is 37.3 Å². The molecule has 0 unspecified atom stereocenters. The van der Waals surface area contributed by atoms with Crippen molar-refractivity contribution < 1.29 is 14.3 Å². The third kappa shape index (κ3) is 3.89. The van der Waals surface area contributed by atoms with Gasteiger partial charge in [0, 0.05) is 10.4 Å². The molecule has 0 radical (unpaired) electrons. The number of para-hydroxylation sites is 2. The number of ether oxygens (including phenoxy) is 1. The highest BCUT2D eigenvalue weighted by Crippen LogP contribution is 2.40. The predicted octanol–water partition coefficient (Wildman–Crippen LogP) is 5.06. The molecule has 1 aliphatic carbocycles. The molecule has 2 amide bonds. The van der Waals surface area contributed by atoms with Crippen molar-refractivity contribution in [2.75, 3.05) is 17.7 Å². The van der Waals surface area contributed by atoms with E-state index in [0.717, 1.165) is 30.4 Å². The lowest BCUT2D eigenvalue weighted by molar-refractivity contribution is 0.102. The molecule has 2 aromatic carbocycles. The van der Waals surface area contributed by atoms with Gasteiger partial charge in [0.2, 0.25) is 0 Å². The van der Waals surface area contributed by atoms with Crippen LogP contribution in [0.5, 0.6) is 5.75 Å². The SMILES string of the molecule is COc1ccccc1NC(=O)c1c(NC(=O)c2cccc(C)c2)sc2c1CCC2. The van der Waals surface area contributed by atoms with Crippen LogP contribution < -0.4 is 15.4 Å². The number of carbonyl (C=O) groups excluding carboxylic acids is 2. The number of aryl methyl sites for hydroxylation is 2. The van der Waals surface area contributed by atoms with Crippen LogP contribution in [0.4, 0.5) is 10.7 Å². The molecule has 148 valence electrons. The number of hydrogen-bond acceptors (Lipinski definition) is 4. The second-order valence-electron chi connectivity index (χ2n) is 7.04. The number of methoxy groups -OCH3 is 1. The standard InChI is InChI=1S/C23H22N2O3S/c1-14-7-5-8-15(13-14)21(26)25-23-20(16-9-6-12-19(16)29-23)22(27)24-17-10-3-4-11-18(17)28-2/h3-5,7-8,10-11,13H,6,9,12H2,1-2H3,(H,24,27)(H,25,26). The molecule has 0 aliphatic heterocycles. The van der Waals surface area contributed by atoms with E-state index in [9.17, 15) is 9.59 Å². The van der Waals surface area contributed by atoms with Crippen molar-refractivity contribution in [3.05, 3.63) is 75.7 Å². The Kier molecular flexibility index (Phi) is 5.36. The lowest BCUT2D eigenvalue weighted by atomic mass is 10.1. The maximum Gasteiger partial charge on any atom is 0.259 e. The van der Waals surface area contributed by atoms with Crippen molar-refractivity contribution in [2.24, 2.45) is 0 Å². The number of carbonyl (C=O) groups is 2. The number of benzene rings is 2. The van der Waals surface area contributed by atoms with E-state index in [2.05, 4.69) is 10.6 Å². The summed E-state index contributed by atoms with van der Waals surface area (Å²) in [5.41, 5.74) is 3.81. The van der Waals surface area contributed by atoms with Gasteiger partial charge in [0.25, 0.3) is 11.8 Å². The van der Waals surface area contributed by atoms with Crippen molar-refractivity contribution in [3.63, 3.8) is 0 Å². The van der Waals surface area contributed by atoms with Crippen LogP contribution in [0.3, 0.4) is 0 Å². The molecule has 5 nitrogen and oxygen atoms in total. The van der Waals surface area contributed by atoms with Crippen LogP contribution in [0.15, 0.2) is 48.5 Å². The first kappa shape index (κ1) is 19.2. The summed E-state index contributed by atoms with van der Waals surface area (Å²) >= 11 is 1.50. The van der Waals surface area contributed by atoms with Crippen molar-refractivity contribution in [1.29, 1.82) is 0 Å². The van der Waals surface area contributed by atoms with Crippen LogP contribution in [-0.2, 0) is 12.8 Å². The van der Waals surface area contributed by atoms with E-state index in [4.69, 9.17) is 4.74 Å². The molecule has 1 heterocycles. The van der Waals surface area contributed by atoms with Gasteiger partial charge in [-0.05, 0) is 56.0 Å². The highest BCUT2D eigenvalue weighted by Gasteiger charge is 2.28. The summed E-state index contributed by atoms with van der Waals surface area (Å²) in [6, 6.07) is 14.7. The van der Waals surface area contributed by atoms with Crippen molar-refractivity contribution in [3.8, 4) is 5.75 Å². The monoisotopic (exact) mass is 406 g/mol. The van der Waals surface area contributed by atoms with E-state index >= 15 is 0 Å². The number of thiophene rings is 1. The van der Waals surface area contributed by atoms with Gasteiger partial charge in [-0.3, -0.25) is 9.59 Å². The number of anilines is 2. The Morgan fingerprint density at radius 3 is 2.62 bits per heavy atom.